The molecule has 0 saturated heterocycles. The molecule has 0 atom stereocenters. The highest BCUT2D eigenvalue weighted by atomic mass is 35.5. The molecular formula is C10H16ClN3. The third kappa shape index (κ3) is 1.55. The quantitative estimate of drug-likeness (QED) is 0.774. The van der Waals surface area contributed by atoms with Crippen LogP contribution in [0, 0.1) is 0 Å². The molecule has 3 nitrogen and oxygen atoms in total. The minimum absolute atomic E-state index is 0. The van der Waals surface area contributed by atoms with E-state index in [9.17, 15) is 0 Å². The molecule has 0 unspecified atom stereocenters. The molecule has 0 spiro atoms. The van der Waals surface area contributed by atoms with Crippen LogP contribution in [0.2, 0.25) is 0 Å². The van der Waals surface area contributed by atoms with E-state index in [2.05, 4.69) is 21.3 Å². The van der Waals surface area contributed by atoms with Gasteiger partial charge < -0.3 is 5.32 Å². The zero-order valence-corrected chi connectivity index (χ0v) is 9.02. The first kappa shape index (κ1) is 9.99. The van der Waals surface area contributed by atoms with Gasteiger partial charge >= 0.3 is 0 Å². The fourth-order valence-electron chi connectivity index (χ4n) is 2.43. The van der Waals surface area contributed by atoms with Gasteiger partial charge in [-0.2, -0.15) is 5.10 Å². The lowest BCUT2D eigenvalue weighted by Gasteiger charge is -2.09. The zero-order valence-electron chi connectivity index (χ0n) is 8.20. The Labute approximate surface area is 90.3 Å². The van der Waals surface area contributed by atoms with E-state index < -0.39 is 0 Å². The van der Waals surface area contributed by atoms with E-state index in [4.69, 9.17) is 0 Å². The first-order chi connectivity index (χ1) is 6.43. The van der Waals surface area contributed by atoms with Crippen LogP contribution >= 0.6 is 12.4 Å². The van der Waals surface area contributed by atoms with Gasteiger partial charge in [-0.15, -0.1) is 12.4 Å². The highest BCUT2D eigenvalue weighted by Crippen LogP contribution is 2.30. The smallest absolute Gasteiger partial charge is 0.0807 e. The van der Waals surface area contributed by atoms with Crippen molar-refractivity contribution < 1.29 is 0 Å². The number of hydrogen-bond donors (Lipinski definition) is 1. The average Bonchev–Trinajstić information content (AvgIpc) is 2.78. The van der Waals surface area contributed by atoms with Crippen LogP contribution in [0.4, 0.5) is 0 Å². The maximum Gasteiger partial charge on any atom is 0.0807 e. The van der Waals surface area contributed by atoms with E-state index in [1.54, 1.807) is 0 Å². The van der Waals surface area contributed by atoms with Gasteiger partial charge in [-0.3, -0.25) is 4.68 Å². The van der Waals surface area contributed by atoms with Gasteiger partial charge in [-0.05, 0) is 12.8 Å². The summed E-state index contributed by atoms with van der Waals surface area (Å²) in [6, 6.07) is 0.700. The molecule has 0 amide bonds. The van der Waals surface area contributed by atoms with Gasteiger partial charge in [-0.1, -0.05) is 12.8 Å². The number of nitrogens with one attached hydrogen (secondary N) is 1. The largest absolute Gasteiger partial charge is 0.307 e. The molecule has 1 fully saturated rings. The van der Waals surface area contributed by atoms with Gasteiger partial charge in [0.05, 0.1) is 11.7 Å². The van der Waals surface area contributed by atoms with E-state index in [0.717, 1.165) is 13.1 Å². The van der Waals surface area contributed by atoms with E-state index in [-0.39, 0.29) is 12.4 Å². The van der Waals surface area contributed by atoms with Crippen LogP contribution in [0.3, 0.4) is 0 Å². The van der Waals surface area contributed by atoms with Crippen LogP contribution in [-0.4, -0.2) is 9.78 Å². The number of hydrogen-bond acceptors (Lipinski definition) is 2. The molecule has 1 aromatic heterocycles. The average molecular weight is 214 g/mol. The Bertz CT molecular complexity index is 294. The molecule has 2 aliphatic rings. The summed E-state index contributed by atoms with van der Waals surface area (Å²) in [6.07, 6.45) is 7.66. The van der Waals surface area contributed by atoms with Crippen molar-refractivity contribution in [2.75, 3.05) is 0 Å². The van der Waals surface area contributed by atoms with Crippen molar-refractivity contribution in [3.05, 3.63) is 17.5 Å². The van der Waals surface area contributed by atoms with E-state index in [0.29, 0.717) is 6.04 Å². The van der Waals surface area contributed by atoms with Crippen LogP contribution in [0.15, 0.2) is 6.20 Å². The lowest BCUT2D eigenvalue weighted by molar-refractivity contribution is 0.459. The van der Waals surface area contributed by atoms with Gasteiger partial charge in [0.2, 0.25) is 0 Å². The molecule has 1 aliphatic carbocycles. The van der Waals surface area contributed by atoms with Crippen LogP contribution < -0.4 is 5.32 Å². The molecule has 3 rings (SSSR count). The molecule has 78 valence electrons. The normalized spacial score (nSPS) is 20.9. The van der Waals surface area contributed by atoms with E-state index in [1.807, 2.05) is 0 Å². The van der Waals surface area contributed by atoms with Gasteiger partial charge in [0.25, 0.3) is 0 Å². The molecule has 4 heteroatoms. The van der Waals surface area contributed by atoms with Crippen LogP contribution in [0.5, 0.6) is 0 Å². The number of fused-ring (bicyclic) bond motifs is 1. The Kier molecular flexibility index (Phi) is 2.79. The second-order valence-electron chi connectivity index (χ2n) is 4.12. The molecule has 14 heavy (non-hydrogen) atoms. The molecule has 2 heterocycles. The summed E-state index contributed by atoms with van der Waals surface area (Å²) in [5.41, 5.74) is 2.68. The summed E-state index contributed by atoms with van der Waals surface area (Å²) >= 11 is 0. The lowest BCUT2D eigenvalue weighted by atomic mass is 10.2. The minimum atomic E-state index is 0. The Morgan fingerprint density at radius 2 is 2.07 bits per heavy atom. The fourth-order valence-corrected chi connectivity index (χ4v) is 2.43. The van der Waals surface area contributed by atoms with Crippen molar-refractivity contribution in [3.8, 4) is 0 Å². The molecular weight excluding hydrogens is 198 g/mol. The van der Waals surface area contributed by atoms with Gasteiger partial charge in [0.15, 0.2) is 0 Å². The third-order valence-corrected chi connectivity index (χ3v) is 3.20. The number of nitrogens with zero attached hydrogens (tertiary/aromatic N) is 2. The second kappa shape index (κ2) is 3.91. The first-order valence-electron chi connectivity index (χ1n) is 5.21. The summed E-state index contributed by atoms with van der Waals surface area (Å²) in [4.78, 5) is 0. The number of aromatic nitrogens is 2. The summed E-state index contributed by atoms with van der Waals surface area (Å²) < 4.78 is 2.21. The number of halogens is 1. The standard InChI is InChI=1S/C10H15N3.ClH/c1-2-4-9(3-1)13-7-8-5-11-6-10(8)12-13;/h7,9,11H,1-6H2;1H. The van der Waals surface area contributed by atoms with Crippen molar-refractivity contribution in [2.45, 2.75) is 44.8 Å². The van der Waals surface area contributed by atoms with Crippen molar-refractivity contribution in [3.63, 3.8) is 0 Å². The predicted octanol–water partition coefficient (Wildman–Crippen LogP) is 2.02. The first-order valence-corrected chi connectivity index (χ1v) is 5.21. The molecule has 0 radical (unpaired) electrons. The zero-order chi connectivity index (χ0) is 8.67. The molecule has 0 aromatic carbocycles. The molecule has 1 aromatic rings. The van der Waals surface area contributed by atoms with E-state index >= 15 is 0 Å². The van der Waals surface area contributed by atoms with Crippen molar-refractivity contribution in [1.82, 2.24) is 15.1 Å². The molecule has 1 aliphatic heterocycles. The third-order valence-electron chi connectivity index (χ3n) is 3.20. The maximum atomic E-state index is 4.63. The minimum Gasteiger partial charge on any atom is -0.307 e. The van der Waals surface area contributed by atoms with Crippen LogP contribution in [-0.2, 0) is 13.1 Å². The molecule has 1 N–H and O–H groups in total. The molecule has 0 bridgehead atoms. The summed E-state index contributed by atoms with van der Waals surface area (Å²) in [5.74, 6) is 0. The highest BCUT2D eigenvalue weighted by molar-refractivity contribution is 5.85. The fraction of sp³-hybridized carbons (Fsp3) is 0.700. The number of rotatable bonds is 1. The lowest BCUT2D eigenvalue weighted by Crippen LogP contribution is -2.09. The SMILES string of the molecule is Cl.c1c2c(nn1C1CCCC1)CNC2. The van der Waals surface area contributed by atoms with Gasteiger partial charge in [0, 0.05) is 24.8 Å². The van der Waals surface area contributed by atoms with Crippen LogP contribution in [0.1, 0.15) is 43.0 Å². The second-order valence-corrected chi connectivity index (χ2v) is 4.12. The van der Waals surface area contributed by atoms with Crippen molar-refractivity contribution in [1.29, 1.82) is 0 Å². The Balaban J connectivity index is 0.000000750. The Morgan fingerprint density at radius 1 is 1.29 bits per heavy atom. The Hall–Kier alpha value is -0.540. The molecule has 1 saturated carbocycles. The van der Waals surface area contributed by atoms with Crippen molar-refractivity contribution >= 4 is 12.4 Å². The van der Waals surface area contributed by atoms with Gasteiger partial charge in [-0.25, -0.2) is 0 Å². The van der Waals surface area contributed by atoms with Crippen molar-refractivity contribution in [2.24, 2.45) is 0 Å². The van der Waals surface area contributed by atoms with Crippen LogP contribution in [0.25, 0.3) is 0 Å². The topological polar surface area (TPSA) is 29.9 Å². The van der Waals surface area contributed by atoms with Gasteiger partial charge in [0.1, 0.15) is 0 Å². The summed E-state index contributed by atoms with van der Waals surface area (Å²) in [6.45, 7) is 1.98. The maximum absolute atomic E-state index is 4.63. The highest BCUT2D eigenvalue weighted by Gasteiger charge is 2.21. The Morgan fingerprint density at radius 3 is 2.79 bits per heavy atom. The monoisotopic (exact) mass is 213 g/mol. The summed E-state index contributed by atoms with van der Waals surface area (Å²) in [5, 5.41) is 7.94. The van der Waals surface area contributed by atoms with E-state index in [1.165, 1.54) is 36.9 Å². The predicted molar refractivity (Wildman–Crippen MR) is 57.5 cm³/mol. The summed E-state index contributed by atoms with van der Waals surface area (Å²) in [7, 11) is 0.